The van der Waals surface area contributed by atoms with Crippen molar-refractivity contribution in [3.63, 3.8) is 0 Å². The van der Waals surface area contributed by atoms with Gasteiger partial charge in [-0.05, 0) is 35.4 Å². The zero-order valence-corrected chi connectivity index (χ0v) is 19.6. The molecule has 1 radical (unpaired) electrons. The van der Waals surface area contributed by atoms with Crippen molar-refractivity contribution in [2.24, 2.45) is 0 Å². The molecule has 0 spiro atoms. The van der Waals surface area contributed by atoms with Crippen LogP contribution in [-0.2, 0) is 31.8 Å². The highest BCUT2D eigenvalue weighted by molar-refractivity contribution is 5.96. The summed E-state index contributed by atoms with van der Waals surface area (Å²) in [6.07, 6.45) is -2.76. The van der Waals surface area contributed by atoms with Crippen LogP contribution in [0.25, 0.3) is 17.2 Å². The van der Waals surface area contributed by atoms with Gasteiger partial charge in [0.1, 0.15) is 6.04 Å². The second-order valence-electron chi connectivity index (χ2n) is 8.29. The molecule has 2 heterocycles. The van der Waals surface area contributed by atoms with Crippen LogP contribution >= 0.6 is 0 Å². The van der Waals surface area contributed by atoms with E-state index in [1.165, 1.54) is 24.3 Å². The Hall–Kier alpha value is -4.06. The third kappa shape index (κ3) is 5.53. The first-order valence-corrected chi connectivity index (χ1v) is 11.2. The summed E-state index contributed by atoms with van der Waals surface area (Å²) >= 11 is 0. The highest BCUT2D eigenvalue weighted by atomic mass is 19.4. The van der Waals surface area contributed by atoms with Crippen LogP contribution in [0.1, 0.15) is 16.7 Å². The maximum atomic E-state index is 13.9. The quantitative estimate of drug-likeness (QED) is 0.488. The van der Waals surface area contributed by atoms with Crippen LogP contribution in [0.15, 0.2) is 36.4 Å². The zero-order chi connectivity index (χ0) is 26.7. The number of alkyl halides is 3. The molecule has 1 N–H and O–H groups in total. The van der Waals surface area contributed by atoms with Gasteiger partial charge in [0.15, 0.2) is 5.75 Å². The van der Waals surface area contributed by atoms with E-state index in [4.69, 9.17) is 9.78 Å². The fraction of sp³-hybridized carbons (Fsp3) is 0.320. The number of rotatable bonds is 4. The smallest absolute Gasteiger partial charge is 0.417 e. The molecule has 0 aromatic heterocycles. The van der Waals surface area contributed by atoms with Crippen LogP contribution < -0.4 is 4.89 Å². The molecule has 12 heteroatoms. The van der Waals surface area contributed by atoms with Crippen LogP contribution in [0.5, 0.6) is 5.75 Å². The lowest BCUT2D eigenvalue weighted by molar-refractivity contribution is -0.215. The third-order valence-electron chi connectivity index (χ3n) is 6.05. The van der Waals surface area contributed by atoms with Crippen LogP contribution in [0, 0.1) is 6.07 Å². The minimum atomic E-state index is -4.72. The zero-order valence-electron chi connectivity index (χ0n) is 19.6. The molecule has 2 amide bonds. The molecular formula is C25H22F3N2O7. The minimum Gasteiger partial charge on any atom is -0.480 e. The first-order valence-electron chi connectivity index (χ1n) is 11.2. The van der Waals surface area contributed by atoms with Gasteiger partial charge in [0.05, 0.1) is 25.8 Å². The molecule has 9 nitrogen and oxygen atoms in total. The van der Waals surface area contributed by atoms with E-state index in [2.05, 4.69) is 10.8 Å². The van der Waals surface area contributed by atoms with E-state index < -0.39 is 35.8 Å². The number of carbonyl (C=O) groups excluding carboxylic acids is 2. The summed E-state index contributed by atoms with van der Waals surface area (Å²) in [6.45, 7) is -0.0862. The average Bonchev–Trinajstić information content (AvgIpc) is 2.89. The molecule has 1 fully saturated rings. The van der Waals surface area contributed by atoms with Crippen molar-refractivity contribution in [3.8, 4) is 16.9 Å². The number of piperazine rings is 1. The maximum absolute atomic E-state index is 13.9. The number of carboxylic acid groups (broad SMARTS) is 1. The van der Waals surface area contributed by atoms with Crippen molar-refractivity contribution >= 4 is 24.0 Å². The Labute approximate surface area is 209 Å². The SMILES string of the molecule is COC(=O)N1CCN(C(=O)/C=C/c2cc[c]c(C(F)(F)F)c2-c2ccc3c(c2)CCOO3)C(C(=O)O)C1. The van der Waals surface area contributed by atoms with E-state index in [9.17, 15) is 32.7 Å². The van der Waals surface area contributed by atoms with Crippen LogP contribution in [0.4, 0.5) is 18.0 Å². The van der Waals surface area contributed by atoms with E-state index in [0.717, 1.165) is 29.1 Å². The molecule has 37 heavy (non-hydrogen) atoms. The average molecular weight is 519 g/mol. The summed E-state index contributed by atoms with van der Waals surface area (Å²) < 4.78 is 46.4. The van der Waals surface area contributed by atoms with E-state index in [-0.39, 0.29) is 42.9 Å². The summed E-state index contributed by atoms with van der Waals surface area (Å²) in [5, 5.41) is 9.59. The number of amides is 2. The predicted octanol–water partition coefficient (Wildman–Crippen LogP) is 3.42. The largest absolute Gasteiger partial charge is 0.480 e. The van der Waals surface area contributed by atoms with Gasteiger partial charge in [-0.25, -0.2) is 9.59 Å². The molecule has 0 bridgehead atoms. The predicted molar refractivity (Wildman–Crippen MR) is 122 cm³/mol. The fourth-order valence-corrected chi connectivity index (χ4v) is 4.27. The number of carbonyl (C=O) groups is 3. The number of methoxy groups -OCH3 is 1. The maximum Gasteiger partial charge on any atom is 0.417 e. The third-order valence-corrected chi connectivity index (χ3v) is 6.05. The molecule has 2 aromatic carbocycles. The summed E-state index contributed by atoms with van der Waals surface area (Å²) in [5.41, 5.74) is -0.189. The Morgan fingerprint density at radius 3 is 2.70 bits per heavy atom. The monoisotopic (exact) mass is 519 g/mol. The molecule has 1 atom stereocenters. The van der Waals surface area contributed by atoms with Gasteiger partial charge in [-0.1, -0.05) is 18.2 Å². The second-order valence-corrected chi connectivity index (χ2v) is 8.29. The molecule has 0 aliphatic carbocycles. The van der Waals surface area contributed by atoms with Gasteiger partial charge in [-0.15, -0.1) is 0 Å². The molecule has 2 aromatic rings. The number of hydrogen-bond acceptors (Lipinski definition) is 6. The number of benzene rings is 2. The van der Waals surface area contributed by atoms with Crippen molar-refractivity contribution in [1.29, 1.82) is 0 Å². The highest BCUT2D eigenvalue weighted by Gasteiger charge is 2.37. The summed E-state index contributed by atoms with van der Waals surface area (Å²) in [5.74, 6) is -1.65. The van der Waals surface area contributed by atoms with Gasteiger partial charge in [0.2, 0.25) is 5.91 Å². The molecule has 195 valence electrons. The van der Waals surface area contributed by atoms with Gasteiger partial charge < -0.3 is 24.5 Å². The van der Waals surface area contributed by atoms with Gasteiger partial charge >= 0.3 is 18.2 Å². The molecular weight excluding hydrogens is 497 g/mol. The summed E-state index contributed by atoms with van der Waals surface area (Å²) in [4.78, 5) is 48.7. The van der Waals surface area contributed by atoms with Crippen LogP contribution in [-0.4, -0.2) is 72.3 Å². The van der Waals surface area contributed by atoms with Gasteiger partial charge in [0, 0.05) is 36.7 Å². The molecule has 4 rings (SSSR count). The molecule has 2 aliphatic heterocycles. The van der Waals surface area contributed by atoms with Crippen LogP contribution in [0.2, 0.25) is 0 Å². The Morgan fingerprint density at radius 1 is 1.22 bits per heavy atom. The van der Waals surface area contributed by atoms with Gasteiger partial charge in [-0.2, -0.15) is 18.1 Å². The lowest BCUT2D eigenvalue weighted by atomic mass is 9.92. The number of hydrogen-bond donors (Lipinski definition) is 1. The van der Waals surface area contributed by atoms with E-state index in [1.807, 2.05) is 0 Å². The van der Waals surface area contributed by atoms with Gasteiger partial charge in [0.25, 0.3) is 0 Å². The number of halogens is 3. The van der Waals surface area contributed by atoms with E-state index >= 15 is 0 Å². The number of nitrogens with zero attached hydrogens (tertiary/aromatic N) is 2. The summed E-state index contributed by atoms with van der Waals surface area (Å²) in [6, 6.07) is 7.94. The van der Waals surface area contributed by atoms with E-state index in [0.29, 0.717) is 17.7 Å². The number of ether oxygens (including phenoxy) is 1. The first-order chi connectivity index (χ1) is 17.6. The molecule has 1 saturated heterocycles. The Balaban J connectivity index is 1.67. The normalized spacial score (nSPS) is 17.8. The Kier molecular flexibility index (Phi) is 7.39. The minimum absolute atomic E-state index is 0.0424. The molecule has 2 aliphatic rings. The summed E-state index contributed by atoms with van der Waals surface area (Å²) in [7, 11) is 1.16. The second kappa shape index (κ2) is 10.5. The van der Waals surface area contributed by atoms with Crippen molar-refractivity contribution in [1.82, 2.24) is 9.80 Å². The number of fused-ring (bicyclic) bond motifs is 1. The topological polar surface area (TPSA) is 106 Å². The fourth-order valence-electron chi connectivity index (χ4n) is 4.27. The molecule has 0 saturated carbocycles. The van der Waals surface area contributed by atoms with Crippen molar-refractivity contribution in [2.45, 2.75) is 18.6 Å². The first kappa shape index (κ1) is 26.0. The van der Waals surface area contributed by atoms with Crippen LogP contribution in [0.3, 0.4) is 0 Å². The van der Waals surface area contributed by atoms with Crippen molar-refractivity contribution in [2.75, 3.05) is 33.4 Å². The lowest BCUT2D eigenvalue weighted by Crippen LogP contribution is -2.59. The molecule has 1 unspecified atom stereocenters. The van der Waals surface area contributed by atoms with E-state index in [1.54, 1.807) is 6.07 Å². The highest BCUT2D eigenvalue weighted by Crippen LogP contribution is 2.40. The van der Waals surface area contributed by atoms with Crippen molar-refractivity contribution < 1.29 is 47.2 Å². The number of carboxylic acids is 1. The van der Waals surface area contributed by atoms with Gasteiger partial charge in [-0.3, -0.25) is 4.79 Å². The standard InChI is InChI=1S/C25H22F3N2O7/c1-35-24(34)29-10-11-30(19(14-29)23(32)33)21(31)8-6-15-3-2-4-18(25(26,27)28)22(15)17-5-7-20-16(13-17)9-12-36-37-20/h2-3,5-8,13,19H,9-12,14H2,1H3,(H,32,33)/b8-6+. The Morgan fingerprint density at radius 2 is 2.00 bits per heavy atom. The number of aliphatic carboxylic acids is 1. The Bertz CT molecular complexity index is 1250. The van der Waals surface area contributed by atoms with Crippen molar-refractivity contribution in [3.05, 3.63) is 59.2 Å². The lowest BCUT2D eigenvalue weighted by Gasteiger charge is -2.38.